The number of amides is 2. The van der Waals surface area contributed by atoms with Crippen molar-refractivity contribution < 1.29 is 19.8 Å². The van der Waals surface area contributed by atoms with Gasteiger partial charge < -0.3 is 20.4 Å². The third-order valence-corrected chi connectivity index (χ3v) is 3.25. The highest BCUT2D eigenvalue weighted by molar-refractivity contribution is 5.76. The maximum Gasteiger partial charge on any atom is 0.334 e. The van der Waals surface area contributed by atoms with Gasteiger partial charge in [0, 0.05) is 31.7 Å². The number of carboxylic acid groups (broad SMARTS) is 1. The molecule has 7 heteroatoms. The van der Waals surface area contributed by atoms with E-state index in [-0.39, 0.29) is 18.1 Å². The molecule has 19 heavy (non-hydrogen) atoms. The van der Waals surface area contributed by atoms with Crippen LogP contribution in [0.4, 0.5) is 4.79 Å². The summed E-state index contributed by atoms with van der Waals surface area (Å²) in [5.41, 5.74) is 0.0854. The van der Waals surface area contributed by atoms with E-state index in [1.807, 2.05) is 0 Å². The van der Waals surface area contributed by atoms with Crippen molar-refractivity contribution in [2.75, 3.05) is 32.7 Å². The van der Waals surface area contributed by atoms with E-state index in [9.17, 15) is 9.59 Å². The molecule has 1 aliphatic rings. The van der Waals surface area contributed by atoms with Crippen LogP contribution in [0.2, 0.25) is 0 Å². The van der Waals surface area contributed by atoms with Crippen molar-refractivity contribution in [3.8, 4) is 0 Å². The molecule has 1 heterocycles. The van der Waals surface area contributed by atoms with Gasteiger partial charge in [0.1, 0.15) is 0 Å². The summed E-state index contributed by atoms with van der Waals surface area (Å²) in [6, 6.07) is -0.325. The van der Waals surface area contributed by atoms with Crippen molar-refractivity contribution >= 4 is 12.0 Å². The first kappa shape index (κ1) is 15.7. The molecular weight excluding hydrogens is 250 g/mol. The number of hydrogen-bond acceptors (Lipinski definition) is 4. The molecule has 0 saturated carbocycles. The van der Waals surface area contributed by atoms with Gasteiger partial charge in [0.05, 0.1) is 6.54 Å². The van der Waals surface area contributed by atoms with Crippen LogP contribution in [0.5, 0.6) is 0 Å². The molecule has 0 spiro atoms. The van der Waals surface area contributed by atoms with Crippen LogP contribution >= 0.6 is 0 Å². The van der Waals surface area contributed by atoms with Gasteiger partial charge in [0.25, 0.3) is 0 Å². The smallest absolute Gasteiger partial charge is 0.334 e. The molecule has 3 N–H and O–H groups in total. The zero-order valence-electron chi connectivity index (χ0n) is 11.7. The lowest BCUT2D eigenvalue weighted by Gasteiger charge is -2.42. The summed E-state index contributed by atoms with van der Waals surface area (Å²) in [4.78, 5) is 26.1. The van der Waals surface area contributed by atoms with Gasteiger partial charge in [-0.05, 0) is 20.8 Å². The Morgan fingerprint density at radius 3 is 2.16 bits per heavy atom. The minimum atomic E-state index is -1.56. The quantitative estimate of drug-likeness (QED) is 0.648. The van der Waals surface area contributed by atoms with Crippen molar-refractivity contribution in [2.24, 2.45) is 0 Å². The lowest BCUT2D eigenvalue weighted by atomic mass is 10.1. The standard InChI is InChI=1S/C12H23N3O4/c1-12(2,3)15-6-4-14(5-7-15)11(19)13-8-9(16)10(17)18/h9,16H,4-8H2,1-3H3,(H,13,19)(H,17,18). The predicted octanol–water partition coefficient (Wildman–Crippen LogP) is -0.442. The summed E-state index contributed by atoms with van der Waals surface area (Å²) in [6.07, 6.45) is -1.56. The van der Waals surface area contributed by atoms with Crippen LogP contribution in [0, 0.1) is 0 Å². The third-order valence-electron chi connectivity index (χ3n) is 3.25. The van der Waals surface area contributed by atoms with Crippen molar-refractivity contribution in [1.82, 2.24) is 15.1 Å². The van der Waals surface area contributed by atoms with E-state index in [2.05, 4.69) is 31.0 Å². The fourth-order valence-corrected chi connectivity index (χ4v) is 1.96. The molecule has 0 aliphatic carbocycles. The van der Waals surface area contributed by atoms with Crippen molar-refractivity contribution in [3.63, 3.8) is 0 Å². The van der Waals surface area contributed by atoms with Gasteiger partial charge in [0.15, 0.2) is 6.10 Å². The molecular formula is C12H23N3O4. The molecule has 1 rings (SSSR count). The van der Waals surface area contributed by atoms with E-state index >= 15 is 0 Å². The molecule has 1 fully saturated rings. The van der Waals surface area contributed by atoms with E-state index in [0.717, 1.165) is 13.1 Å². The fraction of sp³-hybridized carbons (Fsp3) is 0.833. The first-order valence-electron chi connectivity index (χ1n) is 6.40. The van der Waals surface area contributed by atoms with Gasteiger partial charge in [-0.25, -0.2) is 9.59 Å². The van der Waals surface area contributed by atoms with E-state index in [4.69, 9.17) is 10.2 Å². The average Bonchev–Trinajstić information content (AvgIpc) is 2.34. The number of rotatable bonds is 3. The molecule has 7 nitrogen and oxygen atoms in total. The topological polar surface area (TPSA) is 93.1 Å². The minimum absolute atomic E-state index is 0.0854. The SMILES string of the molecule is CC(C)(C)N1CCN(C(=O)NCC(O)C(=O)O)CC1. The van der Waals surface area contributed by atoms with E-state index < -0.39 is 12.1 Å². The molecule has 0 aromatic carbocycles. The van der Waals surface area contributed by atoms with Gasteiger partial charge in [-0.1, -0.05) is 0 Å². The number of aliphatic hydroxyl groups is 1. The molecule has 110 valence electrons. The highest BCUT2D eigenvalue weighted by atomic mass is 16.4. The van der Waals surface area contributed by atoms with Crippen molar-refractivity contribution in [1.29, 1.82) is 0 Å². The predicted molar refractivity (Wildman–Crippen MR) is 69.9 cm³/mol. The Balaban J connectivity index is 2.35. The molecule has 1 saturated heterocycles. The number of hydrogen-bond donors (Lipinski definition) is 3. The molecule has 0 radical (unpaired) electrons. The van der Waals surface area contributed by atoms with Gasteiger partial charge >= 0.3 is 12.0 Å². The molecule has 0 aromatic heterocycles. The number of piperazine rings is 1. The number of urea groups is 1. The highest BCUT2D eigenvalue weighted by Gasteiger charge is 2.28. The molecule has 0 bridgehead atoms. The molecule has 1 atom stereocenters. The molecule has 0 aromatic rings. The van der Waals surface area contributed by atoms with Gasteiger partial charge in [-0.3, -0.25) is 4.90 Å². The van der Waals surface area contributed by atoms with Crippen LogP contribution in [-0.4, -0.2) is 76.4 Å². The Morgan fingerprint density at radius 1 is 1.21 bits per heavy atom. The Labute approximate surface area is 113 Å². The van der Waals surface area contributed by atoms with Crippen molar-refractivity contribution in [3.05, 3.63) is 0 Å². The number of carboxylic acids is 1. The first-order valence-corrected chi connectivity index (χ1v) is 6.40. The number of carbonyl (C=O) groups excluding carboxylic acids is 1. The van der Waals surface area contributed by atoms with Gasteiger partial charge in [0.2, 0.25) is 0 Å². The minimum Gasteiger partial charge on any atom is -0.479 e. The van der Waals surface area contributed by atoms with E-state index in [0.29, 0.717) is 13.1 Å². The normalized spacial score (nSPS) is 19.1. The second-order valence-electron chi connectivity index (χ2n) is 5.69. The van der Waals surface area contributed by atoms with Crippen LogP contribution in [0.3, 0.4) is 0 Å². The number of carbonyl (C=O) groups is 2. The van der Waals surface area contributed by atoms with Gasteiger partial charge in [-0.15, -0.1) is 0 Å². The monoisotopic (exact) mass is 273 g/mol. The Kier molecular flexibility index (Phi) is 5.13. The van der Waals surface area contributed by atoms with Gasteiger partial charge in [-0.2, -0.15) is 0 Å². The van der Waals surface area contributed by atoms with Crippen LogP contribution in [0.25, 0.3) is 0 Å². The summed E-state index contributed by atoms with van der Waals surface area (Å²) in [5.74, 6) is -1.34. The first-order chi connectivity index (χ1) is 8.71. The van der Waals surface area contributed by atoms with E-state index in [1.54, 1.807) is 4.90 Å². The van der Waals surface area contributed by atoms with Crippen molar-refractivity contribution in [2.45, 2.75) is 32.4 Å². The van der Waals surface area contributed by atoms with Crippen LogP contribution in [0.1, 0.15) is 20.8 Å². The summed E-state index contributed by atoms with van der Waals surface area (Å²) in [5, 5.41) is 20.0. The molecule has 1 aliphatic heterocycles. The summed E-state index contributed by atoms with van der Waals surface area (Å²) in [6.45, 7) is 8.91. The maximum atomic E-state index is 11.8. The largest absolute Gasteiger partial charge is 0.479 e. The summed E-state index contributed by atoms with van der Waals surface area (Å²) >= 11 is 0. The average molecular weight is 273 g/mol. The maximum absolute atomic E-state index is 11.8. The lowest BCUT2D eigenvalue weighted by Crippen LogP contribution is -2.56. The number of aliphatic hydroxyl groups excluding tert-OH is 1. The highest BCUT2D eigenvalue weighted by Crippen LogP contribution is 2.15. The Hall–Kier alpha value is -1.34. The van der Waals surface area contributed by atoms with Crippen LogP contribution in [0.15, 0.2) is 0 Å². The number of nitrogens with one attached hydrogen (secondary N) is 1. The fourth-order valence-electron chi connectivity index (χ4n) is 1.96. The Bertz CT molecular complexity index is 332. The third kappa shape index (κ3) is 4.68. The molecule has 2 amide bonds. The lowest BCUT2D eigenvalue weighted by molar-refractivity contribution is -0.146. The number of nitrogens with zero attached hydrogens (tertiary/aromatic N) is 2. The van der Waals surface area contributed by atoms with E-state index in [1.165, 1.54) is 0 Å². The zero-order chi connectivity index (χ0) is 14.6. The number of aliphatic carboxylic acids is 1. The summed E-state index contributed by atoms with van der Waals surface area (Å²) in [7, 11) is 0. The molecule has 1 unspecified atom stereocenters. The zero-order valence-corrected chi connectivity index (χ0v) is 11.7. The van der Waals surface area contributed by atoms with Crippen LogP contribution in [-0.2, 0) is 4.79 Å². The summed E-state index contributed by atoms with van der Waals surface area (Å²) < 4.78 is 0. The second kappa shape index (κ2) is 6.21. The second-order valence-corrected chi connectivity index (χ2v) is 5.69. The van der Waals surface area contributed by atoms with Crippen LogP contribution < -0.4 is 5.32 Å². The Morgan fingerprint density at radius 2 is 1.74 bits per heavy atom.